The number of methoxy groups -OCH3 is 1. The molecule has 0 fully saturated rings. The molecular weight excluding hydrogens is 606 g/mol. The van der Waals surface area contributed by atoms with Crippen molar-refractivity contribution in [2.24, 2.45) is 0 Å². The minimum Gasteiger partial charge on any atom is -0.467 e. The first-order chi connectivity index (χ1) is 22.1. The number of hydrogen-bond acceptors (Lipinski definition) is 9. The third kappa shape index (κ3) is 9.37. The van der Waals surface area contributed by atoms with E-state index in [9.17, 15) is 19.6 Å². The normalized spacial score (nSPS) is 10.8. The average Bonchev–Trinajstić information content (AvgIpc) is 3.57. The molecule has 3 N–H and O–H groups in total. The second kappa shape index (κ2) is 15.7. The summed E-state index contributed by atoms with van der Waals surface area (Å²) in [6.07, 6.45) is -0.514. The molecule has 238 valence electrons. The summed E-state index contributed by atoms with van der Waals surface area (Å²) in [4.78, 5) is 42.5. The number of nitrogens with one attached hydrogen (secondary N) is 3. The van der Waals surface area contributed by atoms with Crippen LogP contribution in [0.4, 0.5) is 10.6 Å². The zero-order chi connectivity index (χ0) is 33.1. The molecular formula is C34H35N5O6S. The maximum absolute atomic E-state index is 13.1. The molecule has 2 aromatic heterocycles. The van der Waals surface area contributed by atoms with Gasteiger partial charge in [-0.15, -0.1) is 11.3 Å². The summed E-state index contributed by atoms with van der Waals surface area (Å²) in [5, 5.41) is 20.3. The molecule has 0 aliphatic rings. The van der Waals surface area contributed by atoms with E-state index >= 15 is 0 Å². The fraction of sp³-hybridized carbons (Fsp3) is 0.265. The molecule has 0 unspecified atom stereocenters. The Morgan fingerprint density at radius 2 is 1.78 bits per heavy atom. The summed E-state index contributed by atoms with van der Waals surface area (Å²) in [6, 6.07) is 22.1. The second-order valence-electron chi connectivity index (χ2n) is 11.0. The van der Waals surface area contributed by atoms with Gasteiger partial charge in [-0.1, -0.05) is 36.4 Å². The number of rotatable bonds is 12. The lowest BCUT2D eigenvalue weighted by atomic mass is 9.96. The molecule has 12 heteroatoms. The first-order valence-electron chi connectivity index (χ1n) is 14.4. The van der Waals surface area contributed by atoms with Gasteiger partial charge in [0.2, 0.25) is 5.91 Å². The van der Waals surface area contributed by atoms with E-state index in [-0.39, 0.29) is 49.5 Å². The molecule has 0 radical (unpaired) electrons. The van der Waals surface area contributed by atoms with Crippen LogP contribution in [0.1, 0.15) is 48.0 Å². The Morgan fingerprint density at radius 1 is 0.978 bits per heavy atom. The number of anilines is 1. The van der Waals surface area contributed by atoms with E-state index < -0.39 is 11.7 Å². The highest BCUT2D eigenvalue weighted by Crippen LogP contribution is 2.36. The van der Waals surface area contributed by atoms with Gasteiger partial charge in [-0.2, -0.15) is 5.26 Å². The van der Waals surface area contributed by atoms with Crippen LogP contribution in [0.2, 0.25) is 0 Å². The van der Waals surface area contributed by atoms with Crippen molar-refractivity contribution < 1.29 is 28.6 Å². The quantitative estimate of drug-likeness (QED) is 0.157. The van der Waals surface area contributed by atoms with Crippen molar-refractivity contribution in [2.75, 3.05) is 25.8 Å². The lowest BCUT2D eigenvalue weighted by Gasteiger charge is -2.19. The van der Waals surface area contributed by atoms with Crippen molar-refractivity contribution >= 4 is 35.1 Å². The summed E-state index contributed by atoms with van der Waals surface area (Å²) in [7, 11) is 1.52. The number of pyridine rings is 1. The van der Waals surface area contributed by atoms with Gasteiger partial charge in [0, 0.05) is 37.7 Å². The lowest BCUT2D eigenvalue weighted by Crippen LogP contribution is -2.35. The number of benzene rings is 2. The highest BCUT2D eigenvalue weighted by Gasteiger charge is 2.20. The van der Waals surface area contributed by atoms with E-state index in [1.165, 1.54) is 18.4 Å². The smallest absolute Gasteiger partial charge is 0.407 e. The standard InChI is InChI=1S/C34H35N5O6S/c1-34(2,3)45-33(42)36-15-14-30(40)37-20-22-9-7-10-23(17-22)25-18-27(24-11-5-6-12-28(24)44-21-43-4)38-31(26(25)19-35)39-32(41)29-13-8-16-46-29/h5-13,16-18H,14-15,20-21H2,1-4H3,(H,36,42)(H,37,40)(H,38,39,41). The maximum atomic E-state index is 13.1. The number of carbonyl (C=O) groups excluding carboxylic acids is 3. The van der Waals surface area contributed by atoms with Crippen molar-refractivity contribution in [3.63, 3.8) is 0 Å². The molecule has 0 atom stereocenters. The molecule has 0 saturated heterocycles. The van der Waals surface area contributed by atoms with Crippen LogP contribution in [0, 0.1) is 11.3 Å². The number of hydrogen-bond donors (Lipinski definition) is 3. The number of ether oxygens (including phenoxy) is 3. The van der Waals surface area contributed by atoms with Gasteiger partial charge in [0.15, 0.2) is 12.6 Å². The molecule has 11 nitrogen and oxygen atoms in total. The van der Waals surface area contributed by atoms with Crippen LogP contribution in [0.15, 0.2) is 72.1 Å². The zero-order valence-corrected chi connectivity index (χ0v) is 26.8. The summed E-state index contributed by atoms with van der Waals surface area (Å²) >= 11 is 1.28. The summed E-state index contributed by atoms with van der Waals surface area (Å²) in [5.74, 6) is -0.0212. The Bertz CT molecular complexity index is 1730. The Kier molecular flexibility index (Phi) is 11.4. The first kappa shape index (κ1) is 33.6. The number of alkyl carbamates (subject to hydrolysis) is 1. The van der Waals surface area contributed by atoms with Gasteiger partial charge < -0.3 is 30.2 Å². The number of thiophene rings is 1. The van der Waals surface area contributed by atoms with Crippen molar-refractivity contribution in [2.45, 2.75) is 39.3 Å². The Labute approximate surface area is 271 Å². The predicted molar refractivity (Wildman–Crippen MR) is 175 cm³/mol. The highest BCUT2D eigenvalue weighted by atomic mass is 32.1. The van der Waals surface area contributed by atoms with E-state index in [1.807, 2.05) is 42.5 Å². The van der Waals surface area contributed by atoms with E-state index in [1.54, 1.807) is 50.4 Å². The van der Waals surface area contributed by atoms with Gasteiger partial charge in [0.05, 0.1) is 10.6 Å². The second-order valence-corrected chi connectivity index (χ2v) is 12.0. The van der Waals surface area contributed by atoms with E-state index in [4.69, 9.17) is 19.2 Å². The van der Waals surface area contributed by atoms with Crippen LogP contribution in [0.25, 0.3) is 22.4 Å². The van der Waals surface area contributed by atoms with Crippen molar-refractivity contribution in [3.8, 4) is 34.2 Å². The molecule has 2 aromatic carbocycles. The Hall–Kier alpha value is -5.25. The molecule has 0 aliphatic carbocycles. The molecule has 3 amide bonds. The number of aromatic nitrogens is 1. The molecule has 46 heavy (non-hydrogen) atoms. The van der Waals surface area contributed by atoms with Crippen LogP contribution in [0.3, 0.4) is 0 Å². The SMILES string of the molecule is COCOc1ccccc1-c1cc(-c2cccc(CNC(=O)CCNC(=O)OC(C)(C)C)c2)c(C#N)c(NC(=O)c2cccs2)n1. The van der Waals surface area contributed by atoms with E-state index in [0.717, 1.165) is 5.56 Å². The van der Waals surface area contributed by atoms with E-state index in [0.29, 0.717) is 33.0 Å². The average molecular weight is 642 g/mol. The Morgan fingerprint density at radius 3 is 2.50 bits per heavy atom. The van der Waals surface area contributed by atoms with Gasteiger partial charge in [0.1, 0.15) is 23.0 Å². The summed E-state index contributed by atoms with van der Waals surface area (Å²) < 4.78 is 16.1. The molecule has 4 aromatic rings. The molecule has 4 rings (SSSR count). The third-order valence-electron chi connectivity index (χ3n) is 6.35. The van der Waals surface area contributed by atoms with Crippen LogP contribution >= 0.6 is 11.3 Å². The van der Waals surface area contributed by atoms with Gasteiger partial charge in [-0.25, -0.2) is 9.78 Å². The van der Waals surface area contributed by atoms with Crippen LogP contribution < -0.4 is 20.7 Å². The van der Waals surface area contributed by atoms with E-state index in [2.05, 4.69) is 22.0 Å². The van der Waals surface area contributed by atoms with Gasteiger partial charge >= 0.3 is 6.09 Å². The number of para-hydroxylation sites is 1. The molecule has 0 bridgehead atoms. The zero-order valence-electron chi connectivity index (χ0n) is 26.0. The van der Waals surface area contributed by atoms with Crippen molar-refractivity contribution in [1.82, 2.24) is 15.6 Å². The van der Waals surface area contributed by atoms with Crippen LogP contribution in [-0.2, 0) is 20.8 Å². The lowest BCUT2D eigenvalue weighted by molar-refractivity contribution is -0.121. The topological polar surface area (TPSA) is 152 Å². The fourth-order valence-electron chi connectivity index (χ4n) is 4.35. The number of nitrogens with zero attached hydrogens (tertiary/aromatic N) is 2. The minimum absolute atomic E-state index is 0.0208. The highest BCUT2D eigenvalue weighted by molar-refractivity contribution is 7.12. The monoisotopic (exact) mass is 641 g/mol. The van der Waals surface area contributed by atoms with Crippen LogP contribution in [0.5, 0.6) is 5.75 Å². The minimum atomic E-state index is -0.629. The first-order valence-corrected chi connectivity index (χ1v) is 15.3. The maximum Gasteiger partial charge on any atom is 0.407 e. The van der Waals surface area contributed by atoms with Gasteiger partial charge in [-0.05, 0) is 67.6 Å². The number of carbonyl (C=O) groups is 3. The fourth-order valence-corrected chi connectivity index (χ4v) is 4.97. The van der Waals surface area contributed by atoms with Gasteiger partial charge in [0.25, 0.3) is 5.91 Å². The summed E-state index contributed by atoms with van der Waals surface area (Å²) in [5.41, 5.74) is 2.65. The predicted octanol–water partition coefficient (Wildman–Crippen LogP) is 6.11. The summed E-state index contributed by atoms with van der Waals surface area (Å²) in [6.45, 7) is 5.65. The third-order valence-corrected chi connectivity index (χ3v) is 7.22. The molecule has 0 spiro atoms. The van der Waals surface area contributed by atoms with Crippen molar-refractivity contribution in [1.29, 1.82) is 5.26 Å². The Balaban J connectivity index is 1.61. The molecule has 0 saturated carbocycles. The largest absolute Gasteiger partial charge is 0.467 e. The number of nitriles is 1. The van der Waals surface area contributed by atoms with Crippen LogP contribution in [-0.4, -0.2) is 48.9 Å². The number of amides is 3. The molecule has 2 heterocycles. The molecule has 0 aliphatic heterocycles. The van der Waals surface area contributed by atoms with Crippen molar-refractivity contribution in [3.05, 3.63) is 88.1 Å². The van der Waals surface area contributed by atoms with Gasteiger partial charge in [-0.3, -0.25) is 9.59 Å².